The second kappa shape index (κ2) is 8.18. The molecule has 1 heterocycles. The second-order valence-corrected chi connectivity index (χ2v) is 5.43. The summed E-state index contributed by atoms with van der Waals surface area (Å²) in [6, 6.07) is 5.61. The van der Waals surface area contributed by atoms with Crippen molar-refractivity contribution in [1.29, 1.82) is 0 Å². The van der Waals surface area contributed by atoms with Crippen LogP contribution in [-0.2, 0) is 0 Å². The summed E-state index contributed by atoms with van der Waals surface area (Å²) in [5, 5.41) is 3.37. The summed E-state index contributed by atoms with van der Waals surface area (Å²) in [7, 11) is 1.56. The van der Waals surface area contributed by atoms with Gasteiger partial charge in [-0.15, -0.1) is 24.8 Å². The molecule has 1 aromatic rings. The van der Waals surface area contributed by atoms with Gasteiger partial charge in [-0.25, -0.2) is 4.39 Å². The van der Waals surface area contributed by atoms with Gasteiger partial charge in [-0.1, -0.05) is 12.1 Å². The van der Waals surface area contributed by atoms with Crippen LogP contribution in [0.15, 0.2) is 18.2 Å². The highest BCUT2D eigenvalue weighted by molar-refractivity contribution is 5.85. The molecule has 1 aromatic carbocycles. The molecule has 0 amide bonds. The van der Waals surface area contributed by atoms with Crippen LogP contribution >= 0.6 is 24.8 Å². The van der Waals surface area contributed by atoms with Crippen molar-refractivity contribution in [2.75, 3.05) is 33.3 Å². The van der Waals surface area contributed by atoms with Crippen LogP contribution < -0.4 is 10.1 Å². The number of para-hydroxylation sites is 1. The predicted octanol–water partition coefficient (Wildman–Crippen LogP) is 3.03. The van der Waals surface area contributed by atoms with Crippen molar-refractivity contribution in [2.24, 2.45) is 5.92 Å². The van der Waals surface area contributed by atoms with E-state index in [2.05, 4.69) is 10.2 Å². The van der Waals surface area contributed by atoms with E-state index in [0.29, 0.717) is 17.7 Å². The highest BCUT2D eigenvalue weighted by atomic mass is 35.5. The molecule has 21 heavy (non-hydrogen) atoms. The Bertz CT molecular complexity index is 451. The molecular formula is C15H23Cl2FN2O. The van der Waals surface area contributed by atoms with Crippen LogP contribution in [0.5, 0.6) is 5.75 Å². The largest absolute Gasteiger partial charge is 0.493 e. The lowest BCUT2D eigenvalue weighted by molar-refractivity contribution is 0.153. The Morgan fingerprint density at radius 3 is 2.48 bits per heavy atom. The molecule has 1 aliphatic carbocycles. The van der Waals surface area contributed by atoms with E-state index in [1.165, 1.54) is 18.9 Å². The molecule has 0 aromatic heterocycles. The Morgan fingerprint density at radius 2 is 1.90 bits per heavy atom. The van der Waals surface area contributed by atoms with Crippen LogP contribution in [0.25, 0.3) is 0 Å². The smallest absolute Gasteiger partial charge is 0.165 e. The number of nitrogens with zero attached hydrogens (tertiary/aromatic N) is 1. The summed E-state index contributed by atoms with van der Waals surface area (Å²) in [4.78, 5) is 2.48. The molecule has 2 aliphatic rings. The van der Waals surface area contributed by atoms with E-state index in [1.807, 2.05) is 6.07 Å². The first-order valence-corrected chi connectivity index (χ1v) is 7.08. The molecule has 3 nitrogen and oxygen atoms in total. The third-order valence-corrected chi connectivity index (χ3v) is 4.13. The Hall–Kier alpha value is -0.550. The zero-order chi connectivity index (χ0) is 13.2. The van der Waals surface area contributed by atoms with Gasteiger partial charge in [0.2, 0.25) is 0 Å². The van der Waals surface area contributed by atoms with Crippen LogP contribution in [0.4, 0.5) is 4.39 Å². The van der Waals surface area contributed by atoms with E-state index in [0.717, 1.165) is 31.7 Å². The fourth-order valence-corrected chi connectivity index (χ4v) is 3.09. The maximum absolute atomic E-state index is 13.9. The molecule has 0 radical (unpaired) electrons. The number of benzene rings is 1. The second-order valence-electron chi connectivity index (χ2n) is 5.43. The normalized spacial score (nSPS) is 20.1. The van der Waals surface area contributed by atoms with Gasteiger partial charge in [-0.2, -0.15) is 0 Å². The zero-order valence-corrected chi connectivity index (χ0v) is 13.8. The maximum atomic E-state index is 13.9. The number of rotatable bonds is 4. The van der Waals surface area contributed by atoms with Crippen molar-refractivity contribution in [2.45, 2.75) is 18.9 Å². The summed E-state index contributed by atoms with van der Waals surface area (Å²) < 4.78 is 19.2. The minimum Gasteiger partial charge on any atom is -0.493 e. The summed E-state index contributed by atoms with van der Waals surface area (Å²) in [6.45, 7) is 4.09. The zero-order valence-electron chi connectivity index (χ0n) is 12.2. The van der Waals surface area contributed by atoms with E-state index in [4.69, 9.17) is 4.74 Å². The first kappa shape index (κ1) is 18.5. The highest BCUT2D eigenvalue weighted by Gasteiger charge is 2.38. The van der Waals surface area contributed by atoms with Gasteiger partial charge in [-0.05, 0) is 24.8 Å². The molecule has 1 atom stereocenters. The molecule has 1 saturated heterocycles. The van der Waals surface area contributed by atoms with Crippen molar-refractivity contribution in [1.82, 2.24) is 10.2 Å². The van der Waals surface area contributed by atoms with E-state index in [1.54, 1.807) is 13.2 Å². The summed E-state index contributed by atoms with van der Waals surface area (Å²) in [5.41, 5.74) is 1.02. The third-order valence-electron chi connectivity index (χ3n) is 4.13. The Kier molecular flexibility index (Phi) is 7.21. The van der Waals surface area contributed by atoms with Gasteiger partial charge in [0, 0.05) is 37.8 Å². The quantitative estimate of drug-likeness (QED) is 0.914. The van der Waals surface area contributed by atoms with Gasteiger partial charge in [0.25, 0.3) is 0 Å². The van der Waals surface area contributed by atoms with Crippen molar-refractivity contribution in [3.05, 3.63) is 29.6 Å². The third kappa shape index (κ3) is 4.01. The first-order valence-electron chi connectivity index (χ1n) is 7.08. The minimum absolute atomic E-state index is 0. The number of piperazine rings is 1. The molecule has 0 unspecified atom stereocenters. The van der Waals surface area contributed by atoms with Crippen molar-refractivity contribution < 1.29 is 9.13 Å². The number of ether oxygens (including phenoxy) is 1. The molecule has 1 aliphatic heterocycles. The predicted molar refractivity (Wildman–Crippen MR) is 87.4 cm³/mol. The van der Waals surface area contributed by atoms with E-state index in [9.17, 15) is 4.39 Å². The number of methoxy groups -OCH3 is 1. The van der Waals surface area contributed by atoms with Crippen molar-refractivity contribution >= 4 is 24.8 Å². The number of hydrogen-bond donors (Lipinski definition) is 1. The number of halogens is 3. The van der Waals surface area contributed by atoms with Gasteiger partial charge >= 0.3 is 0 Å². The molecular weight excluding hydrogens is 314 g/mol. The van der Waals surface area contributed by atoms with Gasteiger partial charge in [-0.3, -0.25) is 4.90 Å². The maximum Gasteiger partial charge on any atom is 0.165 e. The lowest BCUT2D eigenvalue weighted by Gasteiger charge is -2.36. The molecule has 1 saturated carbocycles. The average molecular weight is 337 g/mol. The fraction of sp³-hybridized carbons (Fsp3) is 0.600. The fourth-order valence-electron chi connectivity index (χ4n) is 3.09. The summed E-state index contributed by atoms with van der Waals surface area (Å²) >= 11 is 0. The van der Waals surface area contributed by atoms with E-state index < -0.39 is 0 Å². The van der Waals surface area contributed by atoms with Crippen LogP contribution in [0.2, 0.25) is 0 Å². The van der Waals surface area contributed by atoms with E-state index in [-0.39, 0.29) is 30.6 Å². The molecule has 120 valence electrons. The van der Waals surface area contributed by atoms with Gasteiger partial charge < -0.3 is 10.1 Å². The first-order chi connectivity index (χ1) is 9.31. The standard InChI is InChI=1S/C15H21FN2O.2ClH/c1-19-15-12(3-2-4-13(15)16)14(11-5-6-11)18-9-7-17-8-10-18;;/h2-4,11,14,17H,5-10H2,1H3;2*1H/t14-;;/m1../s1. The molecule has 2 fully saturated rings. The summed E-state index contributed by atoms with van der Waals surface area (Å²) in [6.07, 6.45) is 2.49. The minimum atomic E-state index is -0.249. The molecule has 3 rings (SSSR count). The lowest BCUT2D eigenvalue weighted by Crippen LogP contribution is -2.45. The van der Waals surface area contributed by atoms with E-state index >= 15 is 0 Å². The van der Waals surface area contributed by atoms with Gasteiger partial charge in [0.1, 0.15) is 0 Å². The lowest BCUT2D eigenvalue weighted by atomic mass is 9.98. The van der Waals surface area contributed by atoms with Crippen molar-refractivity contribution in [3.63, 3.8) is 0 Å². The highest BCUT2D eigenvalue weighted by Crippen LogP contribution is 2.47. The van der Waals surface area contributed by atoms with Gasteiger partial charge in [0.05, 0.1) is 7.11 Å². The number of hydrogen-bond acceptors (Lipinski definition) is 3. The van der Waals surface area contributed by atoms with Crippen LogP contribution in [0, 0.1) is 11.7 Å². The topological polar surface area (TPSA) is 24.5 Å². The average Bonchev–Trinajstić information content (AvgIpc) is 3.25. The van der Waals surface area contributed by atoms with Crippen molar-refractivity contribution in [3.8, 4) is 5.75 Å². The Balaban J connectivity index is 0.00000110. The Labute approximate surface area is 138 Å². The van der Waals surface area contributed by atoms with Crippen LogP contribution in [0.3, 0.4) is 0 Å². The monoisotopic (exact) mass is 336 g/mol. The molecule has 6 heteroatoms. The molecule has 1 N–H and O–H groups in total. The van der Waals surface area contributed by atoms with Crippen LogP contribution in [0.1, 0.15) is 24.4 Å². The van der Waals surface area contributed by atoms with Crippen LogP contribution in [-0.4, -0.2) is 38.2 Å². The number of nitrogens with one attached hydrogen (secondary N) is 1. The molecule has 0 bridgehead atoms. The summed E-state index contributed by atoms with van der Waals surface area (Å²) in [5.74, 6) is 0.840. The molecule has 0 spiro atoms. The SMILES string of the molecule is COc1c(F)cccc1[C@@H](C1CC1)N1CCNCC1.Cl.Cl. The Morgan fingerprint density at radius 1 is 1.24 bits per heavy atom. The van der Waals surface area contributed by atoms with Gasteiger partial charge in [0.15, 0.2) is 11.6 Å².